The van der Waals surface area contributed by atoms with Crippen LogP contribution in [0.15, 0.2) is 16.9 Å². The largest absolute Gasteiger partial charge is 0.490 e. The molecule has 28 heavy (non-hydrogen) atoms. The Hall–Kier alpha value is -2.44. The van der Waals surface area contributed by atoms with Gasteiger partial charge in [-0.2, -0.15) is 0 Å². The summed E-state index contributed by atoms with van der Waals surface area (Å²) in [6.45, 7) is 1.48. The van der Waals surface area contributed by atoms with Crippen molar-refractivity contribution in [1.29, 1.82) is 0 Å². The summed E-state index contributed by atoms with van der Waals surface area (Å²) >= 11 is 0. The monoisotopic (exact) mass is 385 g/mol. The van der Waals surface area contributed by atoms with Gasteiger partial charge in [0.25, 0.3) is 5.56 Å². The lowest BCUT2D eigenvalue weighted by Crippen LogP contribution is -2.48. The molecule has 1 aliphatic heterocycles. The van der Waals surface area contributed by atoms with E-state index in [0.717, 1.165) is 51.6 Å². The standard InChI is InChI=1S/C21H24FN3O3/c22-16-9-15(28-14-3-1-2-4-14)10-17-18(16)19(27)24-20(23-17)25-7-5-21(6-8-25)11-13(26)12-21/h9-10,14H,1-8,11-12H2,(H,23,24,27). The molecule has 3 fully saturated rings. The molecule has 1 aromatic heterocycles. The highest BCUT2D eigenvalue weighted by Crippen LogP contribution is 2.47. The van der Waals surface area contributed by atoms with Gasteiger partial charge in [0.15, 0.2) is 0 Å². The summed E-state index contributed by atoms with van der Waals surface area (Å²) < 4.78 is 20.5. The maximum Gasteiger partial charge on any atom is 0.263 e. The van der Waals surface area contributed by atoms with E-state index in [2.05, 4.69) is 9.97 Å². The third-order valence-electron chi connectivity index (χ3n) is 6.59. The Morgan fingerprint density at radius 1 is 1.14 bits per heavy atom. The first-order chi connectivity index (χ1) is 13.5. The number of aromatic nitrogens is 2. The number of nitrogens with zero attached hydrogens (tertiary/aromatic N) is 2. The summed E-state index contributed by atoms with van der Waals surface area (Å²) in [6, 6.07) is 2.96. The third kappa shape index (κ3) is 3.06. The molecule has 1 spiro atoms. The van der Waals surface area contributed by atoms with Crippen molar-refractivity contribution in [2.24, 2.45) is 5.41 Å². The van der Waals surface area contributed by atoms with Crippen LogP contribution in [0.4, 0.5) is 10.3 Å². The average molecular weight is 385 g/mol. The Kier molecular flexibility index (Phi) is 4.14. The highest BCUT2D eigenvalue weighted by molar-refractivity contribution is 5.86. The minimum atomic E-state index is -0.601. The Bertz CT molecular complexity index is 978. The first kappa shape index (κ1) is 17.6. The zero-order valence-corrected chi connectivity index (χ0v) is 15.8. The van der Waals surface area contributed by atoms with Crippen molar-refractivity contribution < 1.29 is 13.9 Å². The number of hydrogen-bond acceptors (Lipinski definition) is 5. The molecule has 6 nitrogen and oxygen atoms in total. The smallest absolute Gasteiger partial charge is 0.263 e. The molecule has 0 radical (unpaired) electrons. The van der Waals surface area contributed by atoms with E-state index in [1.54, 1.807) is 6.07 Å². The number of halogens is 1. The fourth-order valence-electron chi connectivity index (χ4n) is 4.93. The van der Waals surface area contributed by atoms with Crippen LogP contribution < -0.4 is 15.2 Å². The van der Waals surface area contributed by atoms with Gasteiger partial charge in [-0.25, -0.2) is 9.37 Å². The maximum atomic E-state index is 14.6. The fraction of sp³-hybridized carbons (Fsp3) is 0.571. The second-order valence-corrected chi connectivity index (χ2v) is 8.59. The molecule has 2 saturated carbocycles. The van der Waals surface area contributed by atoms with Gasteiger partial charge in [0, 0.05) is 38.1 Å². The molecule has 1 aromatic carbocycles. The Balaban J connectivity index is 1.42. The lowest BCUT2D eigenvalue weighted by Gasteiger charge is -2.46. The number of ketones is 1. The minimum absolute atomic E-state index is 0.0272. The molecule has 0 unspecified atom stereocenters. The van der Waals surface area contributed by atoms with E-state index in [1.807, 2.05) is 4.90 Å². The quantitative estimate of drug-likeness (QED) is 0.877. The topological polar surface area (TPSA) is 75.3 Å². The van der Waals surface area contributed by atoms with Crippen molar-refractivity contribution in [2.75, 3.05) is 18.0 Å². The van der Waals surface area contributed by atoms with Gasteiger partial charge in [0.05, 0.1) is 11.6 Å². The van der Waals surface area contributed by atoms with Crippen LogP contribution in [-0.4, -0.2) is 34.9 Å². The van der Waals surface area contributed by atoms with Crippen LogP contribution in [0.25, 0.3) is 10.9 Å². The number of ether oxygens (including phenoxy) is 1. The summed E-state index contributed by atoms with van der Waals surface area (Å²) in [5.74, 6) is 0.647. The Morgan fingerprint density at radius 2 is 1.86 bits per heavy atom. The molecule has 3 aliphatic rings. The second-order valence-electron chi connectivity index (χ2n) is 8.59. The van der Waals surface area contributed by atoms with Crippen LogP contribution in [0.1, 0.15) is 51.4 Å². The van der Waals surface area contributed by atoms with Crippen LogP contribution in [0, 0.1) is 11.2 Å². The number of fused-ring (bicyclic) bond motifs is 1. The van der Waals surface area contributed by atoms with Crippen LogP contribution in [0.5, 0.6) is 5.75 Å². The molecule has 1 saturated heterocycles. The molecule has 0 bridgehead atoms. The number of carbonyl (C=O) groups is 1. The van der Waals surface area contributed by atoms with Gasteiger partial charge in [-0.1, -0.05) is 0 Å². The van der Waals surface area contributed by atoms with Crippen LogP contribution in [0.2, 0.25) is 0 Å². The van der Waals surface area contributed by atoms with Gasteiger partial charge in [-0.05, 0) is 43.9 Å². The number of anilines is 1. The first-order valence-electron chi connectivity index (χ1n) is 10.2. The molecule has 0 amide bonds. The predicted octanol–water partition coefficient (Wildman–Crippen LogP) is 3.33. The molecule has 2 heterocycles. The van der Waals surface area contributed by atoms with Gasteiger partial charge >= 0.3 is 0 Å². The van der Waals surface area contributed by atoms with Crippen molar-refractivity contribution in [2.45, 2.75) is 57.5 Å². The molecule has 1 N–H and O–H groups in total. The molecule has 148 valence electrons. The zero-order valence-electron chi connectivity index (χ0n) is 15.8. The number of H-pyrrole nitrogens is 1. The highest BCUT2D eigenvalue weighted by atomic mass is 19.1. The van der Waals surface area contributed by atoms with Gasteiger partial charge in [-0.15, -0.1) is 0 Å². The number of nitrogens with one attached hydrogen (secondary N) is 1. The van der Waals surface area contributed by atoms with E-state index >= 15 is 0 Å². The minimum Gasteiger partial charge on any atom is -0.490 e. The normalized spacial score (nSPS) is 22.0. The van der Waals surface area contributed by atoms with Crippen molar-refractivity contribution in [3.05, 3.63) is 28.3 Å². The van der Waals surface area contributed by atoms with E-state index in [9.17, 15) is 14.0 Å². The number of benzene rings is 1. The second kappa shape index (κ2) is 6.57. The number of piperidine rings is 1. The zero-order chi connectivity index (χ0) is 19.3. The number of aromatic amines is 1. The Labute approximate surface area is 162 Å². The summed E-state index contributed by atoms with van der Waals surface area (Å²) in [7, 11) is 0. The molecule has 7 heteroatoms. The molecule has 2 aromatic rings. The van der Waals surface area contributed by atoms with Crippen molar-refractivity contribution in [3.8, 4) is 5.75 Å². The SMILES string of the molecule is O=C1CC2(CCN(c3nc4cc(OC5CCCC5)cc(F)c4c(=O)[nH]3)CC2)C1. The lowest BCUT2D eigenvalue weighted by molar-refractivity contribution is -0.133. The van der Waals surface area contributed by atoms with Gasteiger partial charge in [0.1, 0.15) is 22.7 Å². The predicted molar refractivity (Wildman–Crippen MR) is 103 cm³/mol. The summed E-state index contributed by atoms with van der Waals surface area (Å²) in [5.41, 5.74) is 0.00828. The number of carbonyl (C=O) groups excluding carboxylic acids is 1. The number of hydrogen-bond donors (Lipinski definition) is 1. The Morgan fingerprint density at radius 3 is 2.54 bits per heavy atom. The third-order valence-corrected chi connectivity index (χ3v) is 6.59. The lowest BCUT2D eigenvalue weighted by atomic mass is 9.62. The van der Waals surface area contributed by atoms with Crippen LogP contribution >= 0.6 is 0 Å². The summed E-state index contributed by atoms with van der Waals surface area (Å²) in [5, 5.41) is -0.0272. The number of Topliss-reactive ketones (excluding diaryl/α,β-unsaturated/α-hetero) is 1. The molecular formula is C21H24FN3O3. The average Bonchev–Trinajstić information content (AvgIpc) is 3.13. The van der Waals surface area contributed by atoms with Crippen molar-refractivity contribution in [3.63, 3.8) is 0 Å². The number of rotatable bonds is 3. The molecular weight excluding hydrogens is 361 g/mol. The van der Waals surface area contributed by atoms with E-state index < -0.39 is 11.4 Å². The maximum absolute atomic E-state index is 14.6. The molecule has 5 rings (SSSR count). The van der Waals surface area contributed by atoms with Crippen molar-refractivity contribution >= 4 is 22.6 Å². The first-order valence-corrected chi connectivity index (χ1v) is 10.2. The van der Waals surface area contributed by atoms with E-state index in [-0.39, 0.29) is 16.9 Å². The van der Waals surface area contributed by atoms with E-state index in [1.165, 1.54) is 6.07 Å². The summed E-state index contributed by atoms with van der Waals surface area (Å²) in [4.78, 5) is 33.2. The molecule has 2 aliphatic carbocycles. The fourth-order valence-corrected chi connectivity index (χ4v) is 4.93. The van der Waals surface area contributed by atoms with Gasteiger partial charge in [-0.3, -0.25) is 14.6 Å². The highest BCUT2D eigenvalue weighted by Gasteiger charge is 2.45. The van der Waals surface area contributed by atoms with Gasteiger partial charge in [0.2, 0.25) is 5.95 Å². The van der Waals surface area contributed by atoms with Crippen LogP contribution in [0.3, 0.4) is 0 Å². The van der Waals surface area contributed by atoms with Crippen molar-refractivity contribution in [1.82, 2.24) is 9.97 Å². The molecule has 0 atom stereocenters. The van der Waals surface area contributed by atoms with Gasteiger partial charge < -0.3 is 9.64 Å². The van der Waals surface area contributed by atoms with E-state index in [4.69, 9.17) is 4.74 Å². The summed E-state index contributed by atoms with van der Waals surface area (Å²) in [6.07, 6.45) is 7.51. The van der Waals surface area contributed by atoms with E-state index in [0.29, 0.717) is 35.8 Å². The van der Waals surface area contributed by atoms with Crippen LogP contribution in [-0.2, 0) is 4.79 Å².